The average molecular weight is 399 g/mol. The Morgan fingerprint density at radius 2 is 1.64 bits per heavy atom. The Hall–Kier alpha value is -1.33. The van der Waals surface area contributed by atoms with E-state index in [9.17, 15) is 30.0 Å². The number of sulfone groups is 1. The first-order chi connectivity index (χ1) is 11.5. The van der Waals surface area contributed by atoms with Gasteiger partial charge in [0.15, 0.2) is 9.84 Å². The molecule has 25 heavy (non-hydrogen) atoms. The fourth-order valence-electron chi connectivity index (χ4n) is 2.93. The van der Waals surface area contributed by atoms with Crippen molar-refractivity contribution in [3.63, 3.8) is 0 Å². The summed E-state index contributed by atoms with van der Waals surface area (Å²) in [5, 5.41) is 0. The molecule has 1 aliphatic carbocycles. The first kappa shape index (κ1) is 18.5. The van der Waals surface area contributed by atoms with Crippen molar-refractivity contribution in [2.75, 3.05) is 11.5 Å². The van der Waals surface area contributed by atoms with Gasteiger partial charge >= 0.3 is 6.36 Å². The van der Waals surface area contributed by atoms with Crippen LogP contribution in [0.1, 0.15) is 19.3 Å². The van der Waals surface area contributed by atoms with E-state index in [-0.39, 0.29) is 28.9 Å². The van der Waals surface area contributed by atoms with Gasteiger partial charge in [0.2, 0.25) is 10.0 Å². The smallest absolute Gasteiger partial charge is 0.406 e. The van der Waals surface area contributed by atoms with Crippen LogP contribution in [0, 0.1) is 0 Å². The van der Waals surface area contributed by atoms with E-state index in [2.05, 4.69) is 4.74 Å². The summed E-state index contributed by atoms with van der Waals surface area (Å²) >= 11 is 0. The third-order valence-corrected chi connectivity index (χ3v) is 7.88. The minimum atomic E-state index is -4.86. The highest BCUT2D eigenvalue weighted by molar-refractivity contribution is 7.92. The summed E-state index contributed by atoms with van der Waals surface area (Å²) in [4.78, 5) is -0.182. The van der Waals surface area contributed by atoms with Crippen LogP contribution in [0.4, 0.5) is 13.2 Å². The molecule has 0 aromatic heterocycles. The molecule has 1 atom stereocenters. The zero-order valence-corrected chi connectivity index (χ0v) is 14.6. The predicted molar refractivity (Wildman–Crippen MR) is 82.2 cm³/mol. The Kier molecular flexibility index (Phi) is 4.53. The van der Waals surface area contributed by atoms with Gasteiger partial charge < -0.3 is 4.74 Å². The lowest BCUT2D eigenvalue weighted by molar-refractivity contribution is -0.274. The fourth-order valence-corrected chi connectivity index (χ4v) is 6.64. The Bertz CT molecular complexity index is 845. The third-order valence-electron chi connectivity index (χ3n) is 4.11. The van der Waals surface area contributed by atoms with Crippen molar-refractivity contribution in [2.45, 2.75) is 42.6 Å². The summed E-state index contributed by atoms with van der Waals surface area (Å²) in [5.41, 5.74) is 0. The number of sulfonamides is 1. The quantitative estimate of drug-likeness (QED) is 0.756. The minimum absolute atomic E-state index is 0.0607. The molecular formula is C14H16F3NO5S2. The lowest BCUT2D eigenvalue weighted by Gasteiger charge is -2.27. The van der Waals surface area contributed by atoms with Crippen LogP contribution in [0.3, 0.4) is 0 Å². The summed E-state index contributed by atoms with van der Waals surface area (Å²) in [6, 6.07) is 3.04. The normalized spacial score (nSPS) is 23.8. The van der Waals surface area contributed by atoms with Crippen LogP contribution >= 0.6 is 0 Å². The average Bonchev–Trinajstić information content (AvgIpc) is 3.21. The largest absolute Gasteiger partial charge is 0.573 e. The molecule has 1 aliphatic heterocycles. The van der Waals surface area contributed by atoms with Gasteiger partial charge in [0.05, 0.1) is 16.4 Å². The molecule has 0 amide bonds. The van der Waals surface area contributed by atoms with Crippen LogP contribution in [-0.2, 0) is 19.9 Å². The summed E-state index contributed by atoms with van der Waals surface area (Å²) in [7, 11) is -7.27. The monoisotopic (exact) mass is 399 g/mol. The summed E-state index contributed by atoms with van der Waals surface area (Å²) in [5.74, 6) is -0.805. The maximum atomic E-state index is 12.9. The SMILES string of the molecule is O=S1(=O)CC[C@@H](N(C2CC2)S(=O)(=O)c2ccc(OC(F)(F)F)cc2)C1. The molecule has 140 valence electrons. The standard InChI is InChI=1S/C14H16F3NO5S2/c15-14(16,17)23-12-3-5-13(6-4-12)25(21,22)18(10-1-2-10)11-7-8-24(19,20)9-11/h3-6,10-11H,1-2,7-9H2/t11-/m1/s1. The molecular weight excluding hydrogens is 383 g/mol. The molecule has 2 fully saturated rings. The fraction of sp³-hybridized carbons (Fsp3) is 0.571. The van der Waals surface area contributed by atoms with Gasteiger partial charge in [0.1, 0.15) is 5.75 Å². The number of hydrogen-bond acceptors (Lipinski definition) is 5. The van der Waals surface area contributed by atoms with Crippen LogP contribution in [0.2, 0.25) is 0 Å². The van der Waals surface area contributed by atoms with Crippen LogP contribution in [0.5, 0.6) is 5.75 Å². The summed E-state index contributed by atoms with van der Waals surface area (Å²) in [6.07, 6.45) is -3.35. The van der Waals surface area contributed by atoms with Crippen molar-refractivity contribution in [3.05, 3.63) is 24.3 Å². The first-order valence-electron chi connectivity index (χ1n) is 7.58. The molecule has 1 saturated heterocycles. The van der Waals surface area contributed by atoms with Crippen LogP contribution in [0.25, 0.3) is 0 Å². The molecule has 1 saturated carbocycles. The first-order valence-corrected chi connectivity index (χ1v) is 10.8. The lowest BCUT2D eigenvalue weighted by Crippen LogP contribution is -2.42. The second-order valence-corrected chi connectivity index (χ2v) is 10.2. The predicted octanol–water partition coefficient (Wildman–Crippen LogP) is 1.93. The molecule has 11 heteroatoms. The molecule has 1 aromatic carbocycles. The van der Waals surface area contributed by atoms with E-state index in [4.69, 9.17) is 0 Å². The number of nitrogens with zero attached hydrogens (tertiary/aromatic N) is 1. The summed E-state index contributed by atoms with van der Waals surface area (Å²) in [6.45, 7) is 0. The molecule has 3 rings (SSSR count). The van der Waals surface area contributed by atoms with Crippen molar-refractivity contribution < 1.29 is 34.7 Å². The van der Waals surface area contributed by atoms with Gasteiger partial charge in [0.25, 0.3) is 0 Å². The zero-order chi connectivity index (χ0) is 18.5. The van der Waals surface area contributed by atoms with Crippen LogP contribution in [0.15, 0.2) is 29.2 Å². The van der Waals surface area contributed by atoms with E-state index in [0.29, 0.717) is 12.8 Å². The van der Waals surface area contributed by atoms with Gasteiger partial charge in [0, 0.05) is 12.1 Å². The second-order valence-electron chi connectivity index (χ2n) is 6.14. The topological polar surface area (TPSA) is 80.8 Å². The molecule has 2 aliphatic rings. The molecule has 6 nitrogen and oxygen atoms in total. The van der Waals surface area contributed by atoms with Gasteiger partial charge in [-0.1, -0.05) is 0 Å². The highest BCUT2D eigenvalue weighted by Crippen LogP contribution is 2.37. The van der Waals surface area contributed by atoms with E-state index in [1.54, 1.807) is 0 Å². The number of rotatable bonds is 5. The van der Waals surface area contributed by atoms with Gasteiger partial charge in [-0.2, -0.15) is 4.31 Å². The van der Waals surface area contributed by atoms with E-state index in [1.807, 2.05) is 0 Å². The molecule has 0 N–H and O–H groups in total. The number of alkyl halides is 3. The Morgan fingerprint density at radius 1 is 1.04 bits per heavy atom. The van der Waals surface area contributed by atoms with Crippen molar-refractivity contribution in [3.8, 4) is 5.75 Å². The Morgan fingerprint density at radius 3 is 2.08 bits per heavy atom. The maximum Gasteiger partial charge on any atom is 0.573 e. The van der Waals surface area contributed by atoms with Gasteiger partial charge in [-0.05, 0) is 43.5 Å². The Balaban J connectivity index is 1.86. The van der Waals surface area contributed by atoms with Crippen LogP contribution in [-0.4, -0.2) is 51.1 Å². The third kappa shape index (κ3) is 4.26. The highest BCUT2D eigenvalue weighted by Gasteiger charge is 2.46. The Labute approximate surface area is 143 Å². The van der Waals surface area contributed by atoms with Gasteiger partial charge in [-0.25, -0.2) is 16.8 Å². The van der Waals surface area contributed by atoms with Gasteiger partial charge in [-0.15, -0.1) is 13.2 Å². The number of halogens is 3. The molecule has 0 unspecified atom stereocenters. The van der Waals surface area contributed by atoms with Crippen molar-refractivity contribution in [1.82, 2.24) is 4.31 Å². The zero-order valence-electron chi connectivity index (χ0n) is 12.9. The van der Waals surface area contributed by atoms with E-state index in [0.717, 1.165) is 24.3 Å². The van der Waals surface area contributed by atoms with Crippen molar-refractivity contribution in [2.24, 2.45) is 0 Å². The number of ether oxygens (including phenoxy) is 1. The molecule has 0 radical (unpaired) electrons. The van der Waals surface area contributed by atoms with Crippen LogP contribution < -0.4 is 4.74 Å². The van der Waals surface area contributed by atoms with Gasteiger partial charge in [-0.3, -0.25) is 0 Å². The number of hydrogen-bond donors (Lipinski definition) is 0. The molecule has 0 spiro atoms. The highest BCUT2D eigenvalue weighted by atomic mass is 32.2. The van der Waals surface area contributed by atoms with Crippen molar-refractivity contribution in [1.29, 1.82) is 0 Å². The molecule has 0 bridgehead atoms. The summed E-state index contributed by atoms with van der Waals surface area (Å²) < 4.78 is 90.6. The number of benzene rings is 1. The lowest BCUT2D eigenvalue weighted by atomic mass is 10.2. The molecule has 1 heterocycles. The minimum Gasteiger partial charge on any atom is -0.406 e. The van der Waals surface area contributed by atoms with Crippen molar-refractivity contribution >= 4 is 19.9 Å². The second kappa shape index (κ2) is 6.13. The maximum absolute atomic E-state index is 12.9. The van der Waals surface area contributed by atoms with E-state index >= 15 is 0 Å². The van der Waals surface area contributed by atoms with E-state index < -0.39 is 38.0 Å². The molecule has 1 aromatic rings. The van der Waals surface area contributed by atoms with E-state index in [1.165, 1.54) is 4.31 Å².